The summed E-state index contributed by atoms with van der Waals surface area (Å²) in [6, 6.07) is 6.49. The summed E-state index contributed by atoms with van der Waals surface area (Å²) in [6.45, 7) is 2.12. The molecule has 0 spiro atoms. The lowest BCUT2D eigenvalue weighted by atomic mass is 9.93. The molecule has 1 aromatic carbocycles. The molecule has 3 N–H and O–H groups in total. The Kier molecular flexibility index (Phi) is 1.98. The van der Waals surface area contributed by atoms with Crippen molar-refractivity contribution in [2.75, 3.05) is 5.73 Å². The summed E-state index contributed by atoms with van der Waals surface area (Å²) >= 11 is 0. The second kappa shape index (κ2) is 3.57. The summed E-state index contributed by atoms with van der Waals surface area (Å²) in [5.74, 6) is 0.335. The molecule has 0 amide bonds. The van der Waals surface area contributed by atoms with Gasteiger partial charge in [0.15, 0.2) is 0 Å². The van der Waals surface area contributed by atoms with Crippen LogP contribution in [-0.4, -0.2) is 15.0 Å². The molecule has 4 nitrogen and oxygen atoms in total. The van der Waals surface area contributed by atoms with Crippen LogP contribution in [0.25, 0.3) is 22.3 Å². The molecule has 1 aliphatic rings. The number of nitrogens with two attached hydrogens (primary N) is 1. The summed E-state index contributed by atoms with van der Waals surface area (Å²) in [5, 5.41) is 1.30. The van der Waals surface area contributed by atoms with Crippen LogP contribution in [-0.2, 0) is 12.8 Å². The molecule has 4 heteroatoms. The van der Waals surface area contributed by atoms with Gasteiger partial charge in [-0.05, 0) is 43.0 Å². The first-order valence-corrected chi connectivity index (χ1v) is 6.45. The smallest absolute Gasteiger partial charge is 0.220 e. The second-order valence-corrected chi connectivity index (χ2v) is 5.13. The van der Waals surface area contributed by atoms with E-state index in [2.05, 4.69) is 40.1 Å². The number of fused-ring (bicyclic) bond motifs is 5. The van der Waals surface area contributed by atoms with Gasteiger partial charge in [0.05, 0.1) is 11.4 Å². The molecule has 2 heterocycles. The zero-order valence-corrected chi connectivity index (χ0v) is 10.7. The highest BCUT2D eigenvalue weighted by Gasteiger charge is 2.22. The Labute approximate surface area is 110 Å². The Morgan fingerprint density at radius 1 is 1.26 bits per heavy atom. The van der Waals surface area contributed by atoms with Crippen LogP contribution in [0.15, 0.2) is 24.4 Å². The van der Waals surface area contributed by atoms with Crippen LogP contribution >= 0.6 is 0 Å². The van der Waals surface area contributed by atoms with Gasteiger partial charge in [-0.25, -0.2) is 9.97 Å². The Balaban J connectivity index is 2.07. The van der Waals surface area contributed by atoms with Crippen molar-refractivity contribution < 1.29 is 0 Å². The molecule has 0 saturated heterocycles. The van der Waals surface area contributed by atoms with E-state index in [1.807, 2.05) is 6.20 Å². The Bertz CT molecular complexity index is 801. The zero-order chi connectivity index (χ0) is 13.0. The Morgan fingerprint density at radius 3 is 3.05 bits per heavy atom. The lowest BCUT2D eigenvalue weighted by Crippen LogP contribution is -2.07. The highest BCUT2D eigenvalue weighted by atomic mass is 15.0. The molecule has 3 aromatic rings. The van der Waals surface area contributed by atoms with E-state index in [1.165, 1.54) is 27.6 Å². The molecule has 0 atom stereocenters. The predicted octanol–water partition coefficient (Wildman–Crippen LogP) is 2.61. The van der Waals surface area contributed by atoms with Crippen molar-refractivity contribution in [3.05, 3.63) is 41.1 Å². The third-order valence-electron chi connectivity index (χ3n) is 3.83. The molecular weight excluding hydrogens is 236 g/mol. The fourth-order valence-electron chi connectivity index (χ4n) is 2.90. The molecule has 4 rings (SSSR count). The number of H-pyrrole nitrogens is 1. The number of nitrogens with one attached hydrogen (secondary N) is 1. The molecule has 1 aliphatic carbocycles. The first kappa shape index (κ1) is 10.6. The van der Waals surface area contributed by atoms with Crippen molar-refractivity contribution in [3.8, 4) is 11.4 Å². The topological polar surface area (TPSA) is 67.6 Å². The van der Waals surface area contributed by atoms with Crippen molar-refractivity contribution in [2.45, 2.75) is 19.8 Å². The van der Waals surface area contributed by atoms with Crippen LogP contribution < -0.4 is 5.73 Å². The first-order valence-electron chi connectivity index (χ1n) is 6.45. The maximum absolute atomic E-state index is 5.72. The number of aromatic nitrogens is 3. The third-order valence-corrected chi connectivity index (χ3v) is 3.83. The number of nitrogens with zero attached hydrogens (tertiary/aromatic N) is 2. The molecule has 0 bridgehead atoms. The number of hydrogen-bond acceptors (Lipinski definition) is 3. The van der Waals surface area contributed by atoms with E-state index in [0.717, 1.165) is 24.2 Å². The van der Waals surface area contributed by atoms with Crippen LogP contribution in [0.2, 0.25) is 0 Å². The van der Waals surface area contributed by atoms with Crippen LogP contribution in [0.5, 0.6) is 0 Å². The zero-order valence-electron chi connectivity index (χ0n) is 10.7. The van der Waals surface area contributed by atoms with Crippen molar-refractivity contribution in [1.82, 2.24) is 15.0 Å². The minimum atomic E-state index is 0.335. The van der Waals surface area contributed by atoms with Gasteiger partial charge in [0.2, 0.25) is 5.95 Å². The number of anilines is 1. The van der Waals surface area contributed by atoms with Gasteiger partial charge in [-0.3, -0.25) is 0 Å². The minimum absolute atomic E-state index is 0.335. The van der Waals surface area contributed by atoms with Gasteiger partial charge in [0.1, 0.15) is 0 Å². The fourth-order valence-corrected chi connectivity index (χ4v) is 2.90. The lowest BCUT2D eigenvalue weighted by Gasteiger charge is -2.15. The summed E-state index contributed by atoms with van der Waals surface area (Å²) in [7, 11) is 0. The van der Waals surface area contributed by atoms with Gasteiger partial charge in [0, 0.05) is 17.1 Å². The van der Waals surface area contributed by atoms with Gasteiger partial charge in [0.25, 0.3) is 0 Å². The molecule has 94 valence electrons. The van der Waals surface area contributed by atoms with Gasteiger partial charge >= 0.3 is 0 Å². The number of aryl methyl sites for hydroxylation is 3. The van der Waals surface area contributed by atoms with E-state index in [1.54, 1.807) is 0 Å². The number of nitrogen functional groups attached to an aromatic ring is 1. The maximum Gasteiger partial charge on any atom is 0.220 e. The Hall–Kier alpha value is -2.36. The van der Waals surface area contributed by atoms with Crippen molar-refractivity contribution >= 4 is 16.9 Å². The fraction of sp³-hybridized carbons (Fsp3) is 0.200. The van der Waals surface area contributed by atoms with Crippen LogP contribution in [0, 0.1) is 6.92 Å². The van der Waals surface area contributed by atoms with Crippen molar-refractivity contribution in [1.29, 1.82) is 0 Å². The number of rotatable bonds is 0. The van der Waals surface area contributed by atoms with Crippen LogP contribution in [0.3, 0.4) is 0 Å². The van der Waals surface area contributed by atoms with E-state index in [-0.39, 0.29) is 0 Å². The lowest BCUT2D eigenvalue weighted by molar-refractivity contribution is 0.917. The maximum atomic E-state index is 5.72. The highest BCUT2D eigenvalue weighted by molar-refractivity contribution is 5.92. The summed E-state index contributed by atoms with van der Waals surface area (Å²) in [4.78, 5) is 12.0. The molecule has 0 saturated carbocycles. The molecule has 0 unspecified atom stereocenters. The SMILES string of the molecule is Cc1ccc2[nH]c3c(c2c1)CCc1cnc(N)nc1-3. The van der Waals surface area contributed by atoms with E-state index >= 15 is 0 Å². The average Bonchev–Trinajstić information content (AvgIpc) is 2.77. The first-order chi connectivity index (χ1) is 9.22. The molecule has 0 radical (unpaired) electrons. The van der Waals surface area contributed by atoms with E-state index in [4.69, 9.17) is 5.73 Å². The third kappa shape index (κ3) is 1.46. The number of benzene rings is 1. The molecule has 0 fully saturated rings. The van der Waals surface area contributed by atoms with E-state index < -0.39 is 0 Å². The van der Waals surface area contributed by atoms with E-state index in [0.29, 0.717) is 5.95 Å². The highest BCUT2D eigenvalue weighted by Crippen LogP contribution is 2.36. The average molecular weight is 250 g/mol. The summed E-state index contributed by atoms with van der Waals surface area (Å²) in [5.41, 5.74) is 12.8. The number of hydrogen-bond donors (Lipinski definition) is 2. The Morgan fingerprint density at radius 2 is 2.16 bits per heavy atom. The van der Waals surface area contributed by atoms with Gasteiger partial charge in [-0.1, -0.05) is 11.6 Å². The normalized spacial score (nSPS) is 13.3. The predicted molar refractivity (Wildman–Crippen MR) is 75.9 cm³/mol. The standard InChI is InChI=1S/C15H14N4/c1-8-2-5-12-11(6-8)10-4-3-9-7-17-15(16)19-13(9)14(10)18-12/h2,5-7,18H,3-4H2,1H3,(H2,16,17,19). The van der Waals surface area contributed by atoms with E-state index in [9.17, 15) is 0 Å². The molecule has 2 aromatic heterocycles. The molecule has 19 heavy (non-hydrogen) atoms. The molecule has 0 aliphatic heterocycles. The largest absolute Gasteiger partial charge is 0.368 e. The van der Waals surface area contributed by atoms with Gasteiger partial charge in [-0.15, -0.1) is 0 Å². The van der Waals surface area contributed by atoms with Crippen molar-refractivity contribution in [2.24, 2.45) is 0 Å². The number of aromatic amines is 1. The summed E-state index contributed by atoms with van der Waals surface area (Å²) in [6.07, 6.45) is 3.85. The van der Waals surface area contributed by atoms with Crippen LogP contribution in [0.1, 0.15) is 16.7 Å². The monoisotopic (exact) mass is 250 g/mol. The molecular formula is C15H14N4. The van der Waals surface area contributed by atoms with Crippen molar-refractivity contribution in [3.63, 3.8) is 0 Å². The second-order valence-electron chi connectivity index (χ2n) is 5.13. The van der Waals surface area contributed by atoms with Crippen LogP contribution in [0.4, 0.5) is 5.95 Å². The quantitative estimate of drug-likeness (QED) is 0.644. The van der Waals surface area contributed by atoms with Gasteiger partial charge in [-0.2, -0.15) is 0 Å². The van der Waals surface area contributed by atoms with Gasteiger partial charge < -0.3 is 10.7 Å². The minimum Gasteiger partial charge on any atom is -0.368 e. The summed E-state index contributed by atoms with van der Waals surface area (Å²) < 4.78 is 0.